The van der Waals surface area contributed by atoms with Crippen molar-refractivity contribution in [1.82, 2.24) is 10.2 Å². The van der Waals surface area contributed by atoms with Crippen molar-refractivity contribution in [3.63, 3.8) is 0 Å². The summed E-state index contributed by atoms with van der Waals surface area (Å²) in [7, 11) is 0. The summed E-state index contributed by atoms with van der Waals surface area (Å²) in [5, 5.41) is 26.4. The largest absolute Gasteiger partial charge is 0.481 e. The minimum Gasteiger partial charge on any atom is -0.481 e. The summed E-state index contributed by atoms with van der Waals surface area (Å²) in [6.45, 7) is 3.46. The fraction of sp³-hybridized carbons (Fsp3) is 0.455. The van der Waals surface area contributed by atoms with Crippen LogP contribution in [0.1, 0.15) is 19.4 Å². The van der Waals surface area contributed by atoms with Crippen LogP contribution in [0.2, 0.25) is 0 Å². The molecule has 1 aromatic rings. The van der Waals surface area contributed by atoms with E-state index in [0.29, 0.717) is 0 Å². The molecule has 0 radical (unpaired) electrons. The standard InChI is InChI=1S/C11H12N4O3/c1-11(2)6(7(11)10(17)18)9(16)14-8-5(3-12)4-13-15-8/h4,6-7H,1-2H3,(H,17,18)(H2,13,14,15,16)/t6-,7-/m1/s1. The Bertz CT molecular complexity index is 555. The minimum atomic E-state index is -0.981. The van der Waals surface area contributed by atoms with Crippen molar-refractivity contribution in [2.45, 2.75) is 13.8 Å². The third-order valence-electron chi connectivity index (χ3n) is 3.38. The maximum Gasteiger partial charge on any atom is 0.307 e. The first-order valence-electron chi connectivity index (χ1n) is 5.36. The number of carbonyl (C=O) groups is 2. The van der Waals surface area contributed by atoms with Crippen LogP contribution < -0.4 is 5.32 Å². The average molecular weight is 248 g/mol. The number of carboxylic acids is 1. The molecule has 0 spiro atoms. The molecule has 0 unspecified atom stereocenters. The summed E-state index contributed by atoms with van der Waals surface area (Å²) in [5.74, 6) is -2.47. The number of nitrogens with one attached hydrogen (secondary N) is 2. The van der Waals surface area contributed by atoms with E-state index in [1.165, 1.54) is 6.20 Å². The van der Waals surface area contributed by atoms with Crippen LogP contribution in [0.5, 0.6) is 0 Å². The van der Waals surface area contributed by atoms with Crippen LogP contribution >= 0.6 is 0 Å². The lowest BCUT2D eigenvalue weighted by Gasteiger charge is -2.03. The van der Waals surface area contributed by atoms with Crippen LogP contribution in [0.4, 0.5) is 5.82 Å². The van der Waals surface area contributed by atoms with Gasteiger partial charge in [0.15, 0.2) is 0 Å². The van der Waals surface area contributed by atoms with Crippen molar-refractivity contribution < 1.29 is 14.7 Å². The van der Waals surface area contributed by atoms with Crippen LogP contribution in [-0.4, -0.2) is 27.2 Å². The molecule has 0 aliphatic heterocycles. The number of hydrogen-bond acceptors (Lipinski definition) is 4. The van der Waals surface area contributed by atoms with Crippen molar-refractivity contribution in [2.75, 3.05) is 5.32 Å². The van der Waals surface area contributed by atoms with E-state index in [4.69, 9.17) is 10.4 Å². The van der Waals surface area contributed by atoms with Gasteiger partial charge in [0.1, 0.15) is 17.5 Å². The molecule has 0 aromatic carbocycles. The highest BCUT2D eigenvalue weighted by Crippen LogP contribution is 2.58. The highest BCUT2D eigenvalue weighted by Gasteiger charge is 2.65. The van der Waals surface area contributed by atoms with E-state index >= 15 is 0 Å². The maximum atomic E-state index is 11.9. The molecular weight excluding hydrogens is 236 g/mol. The molecule has 1 fully saturated rings. The number of nitriles is 1. The molecule has 1 amide bonds. The minimum absolute atomic E-state index is 0.203. The van der Waals surface area contributed by atoms with Gasteiger partial charge in [0.25, 0.3) is 0 Å². The second-order valence-electron chi connectivity index (χ2n) is 4.87. The van der Waals surface area contributed by atoms with E-state index in [-0.39, 0.29) is 11.4 Å². The number of nitrogens with zero attached hydrogens (tertiary/aromatic N) is 2. The van der Waals surface area contributed by atoms with Gasteiger partial charge < -0.3 is 10.4 Å². The van der Waals surface area contributed by atoms with Crippen molar-refractivity contribution in [2.24, 2.45) is 17.3 Å². The summed E-state index contributed by atoms with van der Waals surface area (Å²) in [5.41, 5.74) is -0.350. The number of carbonyl (C=O) groups excluding carboxylic acids is 1. The van der Waals surface area contributed by atoms with Crippen molar-refractivity contribution >= 4 is 17.7 Å². The lowest BCUT2D eigenvalue weighted by molar-refractivity contribution is -0.140. The van der Waals surface area contributed by atoms with E-state index in [2.05, 4.69) is 15.5 Å². The first-order valence-corrected chi connectivity index (χ1v) is 5.36. The third kappa shape index (κ3) is 1.72. The summed E-state index contributed by atoms with van der Waals surface area (Å²) in [6, 6.07) is 1.87. The van der Waals surface area contributed by atoms with Gasteiger partial charge in [-0.15, -0.1) is 0 Å². The molecule has 1 saturated carbocycles. The SMILES string of the molecule is CC1(C)[C@@H](C(=O)O)[C@@H]1C(=O)Nc1[nH]ncc1C#N. The van der Waals surface area contributed by atoms with Crippen LogP contribution in [0.3, 0.4) is 0 Å². The van der Waals surface area contributed by atoms with Crippen LogP contribution in [0.25, 0.3) is 0 Å². The molecule has 2 atom stereocenters. The Morgan fingerprint density at radius 2 is 2.22 bits per heavy atom. The lowest BCUT2D eigenvalue weighted by Crippen LogP contribution is -2.18. The number of aromatic amines is 1. The Kier molecular flexibility index (Phi) is 2.58. The van der Waals surface area contributed by atoms with E-state index in [0.717, 1.165) is 0 Å². The highest BCUT2D eigenvalue weighted by atomic mass is 16.4. The van der Waals surface area contributed by atoms with E-state index in [9.17, 15) is 9.59 Å². The van der Waals surface area contributed by atoms with Gasteiger partial charge in [-0.05, 0) is 5.41 Å². The number of anilines is 1. The van der Waals surface area contributed by atoms with Gasteiger partial charge in [-0.2, -0.15) is 10.4 Å². The molecule has 1 aliphatic carbocycles. The zero-order chi connectivity index (χ0) is 13.5. The van der Waals surface area contributed by atoms with Crippen LogP contribution in [-0.2, 0) is 9.59 Å². The Balaban J connectivity index is 2.12. The number of rotatable bonds is 3. The van der Waals surface area contributed by atoms with E-state index < -0.39 is 29.1 Å². The number of H-pyrrole nitrogens is 1. The summed E-state index contributed by atoms with van der Waals surface area (Å²) in [4.78, 5) is 22.9. The van der Waals surface area contributed by atoms with Gasteiger partial charge in [-0.1, -0.05) is 13.8 Å². The first kappa shape index (κ1) is 12.1. The quantitative estimate of drug-likeness (QED) is 0.722. The maximum absolute atomic E-state index is 11.9. The zero-order valence-electron chi connectivity index (χ0n) is 9.89. The number of hydrogen-bond donors (Lipinski definition) is 3. The molecule has 2 rings (SSSR count). The monoisotopic (exact) mass is 248 g/mol. The van der Waals surface area contributed by atoms with Crippen molar-refractivity contribution in [1.29, 1.82) is 5.26 Å². The predicted octanol–water partition coefficient (Wildman–Crippen LogP) is 0.577. The molecule has 94 valence electrons. The Morgan fingerprint density at radius 1 is 1.56 bits per heavy atom. The summed E-state index contributed by atoms with van der Waals surface area (Å²) < 4.78 is 0. The Labute approximate surface area is 103 Å². The Morgan fingerprint density at radius 3 is 2.72 bits per heavy atom. The molecule has 7 heteroatoms. The normalized spacial score (nSPS) is 24.1. The molecule has 0 saturated heterocycles. The topological polar surface area (TPSA) is 119 Å². The molecule has 0 bridgehead atoms. The van der Waals surface area contributed by atoms with Gasteiger partial charge in [0.2, 0.25) is 5.91 Å². The van der Waals surface area contributed by atoms with Gasteiger partial charge in [0.05, 0.1) is 18.0 Å². The van der Waals surface area contributed by atoms with Crippen molar-refractivity contribution in [3.05, 3.63) is 11.8 Å². The molecule has 1 aromatic heterocycles. The summed E-state index contributed by atoms with van der Waals surface area (Å²) in [6.07, 6.45) is 1.29. The van der Waals surface area contributed by atoms with Crippen molar-refractivity contribution in [3.8, 4) is 6.07 Å². The molecule has 1 heterocycles. The van der Waals surface area contributed by atoms with E-state index in [1.54, 1.807) is 13.8 Å². The van der Waals surface area contributed by atoms with Gasteiger partial charge in [-0.3, -0.25) is 14.7 Å². The second kappa shape index (κ2) is 3.84. The van der Waals surface area contributed by atoms with Crippen LogP contribution in [0, 0.1) is 28.6 Å². The molecule has 1 aliphatic rings. The molecule has 18 heavy (non-hydrogen) atoms. The summed E-state index contributed by atoms with van der Waals surface area (Å²) >= 11 is 0. The lowest BCUT2D eigenvalue weighted by atomic mass is 10.1. The third-order valence-corrected chi connectivity index (χ3v) is 3.38. The fourth-order valence-electron chi connectivity index (χ4n) is 2.26. The predicted molar refractivity (Wildman–Crippen MR) is 60.3 cm³/mol. The van der Waals surface area contributed by atoms with Crippen LogP contribution in [0.15, 0.2) is 6.20 Å². The second-order valence-corrected chi connectivity index (χ2v) is 4.87. The smallest absolute Gasteiger partial charge is 0.307 e. The number of amides is 1. The van der Waals surface area contributed by atoms with Gasteiger partial charge >= 0.3 is 5.97 Å². The van der Waals surface area contributed by atoms with E-state index in [1.807, 2.05) is 6.07 Å². The van der Waals surface area contributed by atoms with Gasteiger partial charge in [0, 0.05) is 0 Å². The number of carboxylic acid groups (broad SMARTS) is 1. The molecule has 3 N–H and O–H groups in total. The highest BCUT2D eigenvalue weighted by molar-refractivity contribution is 5.99. The fourth-order valence-corrected chi connectivity index (χ4v) is 2.26. The average Bonchev–Trinajstić information content (AvgIpc) is 2.66. The molecule has 7 nitrogen and oxygen atoms in total. The molecular formula is C11H12N4O3. The Hall–Kier alpha value is -2.36. The first-order chi connectivity index (χ1) is 8.39. The van der Waals surface area contributed by atoms with Gasteiger partial charge in [-0.25, -0.2) is 0 Å². The zero-order valence-corrected chi connectivity index (χ0v) is 9.89. The number of aliphatic carboxylic acids is 1. The number of aromatic nitrogens is 2.